The molecular formula is C34H36O10. The van der Waals surface area contributed by atoms with Gasteiger partial charge in [0.15, 0.2) is 11.6 Å². The van der Waals surface area contributed by atoms with E-state index in [-0.39, 0.29) is 62.9 Å². The third-order valence-corrected chi connectivity index (χ3v) is 6.56. The first kappa shape index (κ1) is 33.1. The predicted molar refractivity (Wildman–Crippen MR) is 163 cm³/mol. The Hall–Kier alpha value is -5.38. The summed E-state index contributed by atoms with van der Waals surface area (Å²) in [5.41, 5.74) is 0.123. The van der Waals surface area contributed by atoms with E-state index in [1.54, 1.807) is 12.1 Å². The summed E-state index contributed by atoms with van der Waals surface area (Å²) in [7, 11) is 0. The lowest BCUT2D eigenvalue weighted by atomic mass is 10.0. The molecule has 10 heteroatoms. The fraction of sp³-hybridized carbons (Fsp3) is 0.235. The van der Waals surface area contributed by atoms with Crippen molar-refractivity contribution in [2.24, 2.45) is 0 Å². The summed E-state index contributed by atoms with van der Waals surface area (Å²) in [4.78, 5) is 24.7. The molecule has 0 spiro atoms. The van der Waals surface area contributed by atoms with Crippen molar-refractivity contribution in [3.63, 3.8) is 0 Å². The lowest BCUT2D eigenvalue weighted by Crippen LogP contribution is -2.10. The number of aromatic hydroxyl groups is 6. The summed E-state index contributed by atoms with van der Waals surface area (Å²) in [6, 6.07) is 16.2. The van der Waals surface area contributed by atoms with E-state index < -0.39 is 11.6 Å². The van der Waals surface area contributed by atoms with Crippen molar-refractivity contribution in [2.75, 3.05) is 6.61 Å². The van der Waals surface area contributed by atoms with Gasteiger partial charge in [-0.15, -0.1) is 0 Å². The summed E-state index contributed by atoms with van der Waals surface area (Å²) >= 11 is 0. The van der Waals surface area contributed by atoms with Crippen molar-refractivity contribution in [3.05, 3.63) is 95.1 Å². The summed E-state index contributed by atoms with van der Waals surface area (Å²) in [5, 5.41) is 58.0. The molecule has 0 saturated carbocycles. The lowest BCUT2D eigenvalue weighted by molar-refractivity contribution is 0.102. The lowest BCUT2D eigenvalue weighted by Gasteiger charge is -2.13. The zero-order valence-electron chi connectivity index (χ0n) is 24.7. The van der Waals surface area contributed by atoms with Crippen LogP contribution in [-0.4, -0.2) is 54.9 Å². The number of benzene rings is 4. The minimum absolute atomic E-state index is 0.00194. The number of phenols is 6. The van der Waals surface area contributed by atoms with E-state index in [4.69, 9.17) is 9.47 Å². The molecule has 0 bridgehead atoms. The Balaban J connectivity index is 0.000000240. The SMILES string of the molecule is CCC(C)Oc1ccc(C(=O)c2ccc(O)cc2O)c(O)c1.CCCCOc1ccc(C(=O)c2ccc(O)cc2O)c(O)c1. The molecule has 0 heterocycles. The van der Waals surface area contributed by atoms with Gasteiger partial charge in [-0.2, -0.15) is 0 Å². The van der Waals surface area contributed by atoms with Crippen molar-refractivity contribution in [3.8, 4) is 46.0 Å². The van der Waals surface area contributed by atoms with E-state index in [9.17, 15) is 40.2 Å². The van der Waals surface area contributed by atoms with Crippen LogP contribution in [0.1, 0.15) is 71.9 Å². The van der Waals surface area contributed by atoms with Crippen molar-refractivity contribution in [2.45, 2.75) is 46.1 Å². The molecule has 0 aromatic heterocycles. The van der Waals surface area contributed by atoms with Gasteiger partial charge in [0.25, 0.3) is 0 Å². The zero-order valence-corrected chi connectivity index (χ0v) is 24.7. The van der Waals surface area contributed by atoms with E-state index >= 15 is 0 Å². The molecule has 1 unspecified atom stereocenters. The first-order valence-corrected chi connectivity index (χ1v) is 14.0. The van der Waals surface area contributed by atoms with E-state index in [2.05, 4.69) is 0 Å². The monoisotopic (exact) mass is 604 g/mol. The number of hydrogen-bond donors (Lipinski definition) is 6. The maximum absolute atomic E-state index is 12.3. The fourth-order valence-corrected chi connectivity index (χ4v) is 3.93. The first-order chi connectivity index (χ1) is 20.9. The molecule has 10 nitrogen and oxygen atoms in total. The largest absolute Gasteiger partial charge is 0.508 e. The summed E-state index contributed by atoms with van der Waals surface area (Å²) < 4.78 is 11.0. The third-order valence-electron chi connectivity index (χ3n) is 6.56. The Morgan fingerprint density at radius 2 is 1.02 bits per heavy atom. The summed E-state index contributed by atoms with van der Waals surface area (Å²) in [5.74, 6) is -1.52. The van der Waals surface area contributed by atoms with Gasteiger partial charge in [0.2, 0.25) is 0 Å². The molecule has 0 aliphatic carbocycles. The first-order valence-electron chi connectivity index (χ1n) is 14.0. The Morgan fingerprint density at radius 3 is 1.43 bits per heavy atom. The second-order valence-corrected chi connectivity index (χ2v) is 9.96. The average molecular weight is 605 g/mol. The van der Waals surface area contributed by atoms with Gasteiger partial charge < -0.3 is 40.1 Å². The van der Waals surface area contributed by atoms with Gasteiger partial charge in [0, 0.05) is 24.3 Å². The second-order valence-electron chi connectivity index (χ2n) is 9.96. The molecule has 1 atom stereocenters. The molecule has 0 fully saturated rings. The Kier molecular flexibility index (Phi) is 11.4. The van der Waals surface area contributed by atoms with Crippen molar-refractivity contribution in [1.29, 1.82) is 0 Å². The van der Waals surface area contributed by atoms with Crippen molar-refractivity contribution >= 4 is 11.6 Å². The van der Waals surface area contributed by atoms with E-state index in [0.29, 0.717) is 18.1 Å². The van der Waals surface area contributed by atoms with Gasteiger partial charge >= 0.3 is 0 Å². The van der Waals surface area contributed by atoms with Crippen LogP contribution in [0.5, 0.6) is 46.0 Å². The van der Waals surface area contributed by atoms with Gasteiger partial charge in [0.1, 0.15) is 46.0 Å². The van der Waals surface area contributed by atoms with Crippen LogP contribution in [0.15, 0.2) is 72.8 Å². The van der Waals surface area contributed by atoms with E-state index in [1.165, 1.54) is 48.5 Å². The highest BCUT2D eigenvalue weighted by Crippen LogP contribution is 2.32. The molecule has 44 heavy (non-hydrogen) atoms. The van der Waals surface area contributed by atoms with Gasteiger partial charge in [-0.05, 0) is 68.3 Å². The minimum atomic E-state index is -0.537. The van der Waals surface area contributed by atoms with Crippen LogP contribution in [0.3, 0.4) is 0 Å². The molecule has 6 N–H and O–H groups in total. The van der Waals surface area contributed by atoms with Gasteiger partial charge in [-0.25, -0.2) is 0 Å². The molecule has 4 aromatic carbocycles. The Labute approximate surface area is 255 Å². The number of hydrogen-bond acceptors (Lipinski definition) is 10. The van der Waals surface area contributed by atoms with E-state index in [1.807, 2.05) is 20.8 Å². The molecule has 0 aliphatic rings. The molecular weight excluding hydrogens is 568 g/mol. The van der Waals surface area contributed by atoms with Gasteiger partial charge in [-0.1, -0.05) is 20.3 Å². The quantitative estimate of drug-likeness (QED) is 0.0827. The molecule has 0 radical (unpaired) electrons. The number of unbranched alkanes of at least 4 members (excludes halogenated alkanes) is 1. The fourth-order valence-electron chi connectivity index (χ4n) is 3.93. The Bertz CT molecular complexity index is 1610. The minimum Gasteiger partial charge on any atom is -0.508 e. The van der Waals surface area contributed by atoms with Gasteiger partial charge in [-0.3, -0.25) is 9.59 Å². The summed E-state index contributed by atoms with van der Waals surface area (Å²) in [6.07, 6.45) is 2.73. The van der Waals surface area contributed by atoms with E-state index in [0.717, 1.165) is 31.4 Å². The molecule has 4 rings (SSSR count). The Morgan fingerprint density at radius 1 is 0.614 bits per heavy atom. The van der Waals surface area contributed by atoms with Crippen LogP contribution in [-0.2, 0) is 0 Å². The molecule has 0 aliphatic heterocycles. The van der Waals surface area contributed by atoms with Crippen LogP contribution in [0.2, 0.25) is 0 Å². The maximum atomic E-state index is 12.3. The molecule has 232 valence electrons. The molecule has 0 saturated heterocycles. The van der Waals surface area contributed by atoms with Crippen LogP contribution >= 0.6 is 0 Å². The smallest absolute Gasteiger partial charge is 0.200 e. The van der Waals surface area contributed by atoms with Crippen LogP contribution in [0.4, 0.5) is 0 Å². The number of carbonyl (C=O) groups excluding carboxylic acids is 2. The third kappa shape index (κ3) is 8.57. The van der Waals surface area contributed by atoms with Crippen LogP contribution in [0.25, 0.3) is 0 Å². The number of ether oxygens (including phenoxy) is 2. The summed E-state index contributed by atoms with van der Waals surface area (Å²) in [6.45, 7) is 6.48. The standard InChI is InChI=1S/2C17H18O5/c1-3-10(2)22-12-5-7-14(16(20)9-12)17(21)13-6-4-11(18)8-15(13)19;1-2-3-8-22-12-5-7-14(16(20)10-12)17(21)13-6-4-11(18)9-15(13)19/h4-10,18-20H,3H2,1-2H3;4-7,9-10,18-20H,2-3,8H2,1H3. The zero-order chi connectivity index (χ0) is 32.4. The van der Waals surface area contributed by atoms with Crippen LogP contribution in [0, 0.1) is 0 Å². The number of carbonyl (C=O) groups is 2. The number of rotatable bonds is 11. The molecule has 4 aromatic rings. The number of phenolic OH excluding ortho intramolecular Hbond substituents is 6. The highest BCUT2D eigenvalue weighted by molar-refractivity contribution is 6.13. The van der Waals surface area contributed by atoms with Crippen LogP contribution < -0.4 is 9.47 Å². The number of ketones is 2. The normalized spacial score (nSPS) is 11.2. The highest BCUT2D eigenvalue weighted by atomic mass is 16.5. The molecule has 0 amide bonds. The maximum Gasteiger partial charge on any atom is 0.200 e. The predicted octanol–water partition coefficient (Wildman–Crippen LogP) is 6.43. The van der Waals surface area contributed by atoms with Gasteiger partial charge in [0.05, 0.1) is 35.0 Å². The highest BCUT2D eigenvalue weighted by Gasteiger charge is 2.19. The average Bonchev–Trinajstić information content (AvgIpc) is 2.97. The van der Waals surface area contributed by atoms with Crippen molar-refractivity contribution < 1.29 is 49.7 Å². The van der Waals surface area contributed by atoms with Crippen molar-refractivity contribution in [1.82, 2.24) is 0 Å². The second kappa shape index (κ2) is 15.2. The topological polar surface area (TPSA) is 174 Å².